The minimum Gasteiger partial charge on any atom is -0.444 e. The Morgan fingerprint density at radius 1 is 1.19 bits per heavy atom. The zero-order valence-electron chi connectivity index (χ0n) is 16.4. The normalized spacial score (nSPS) is 17.6. The Morgan fingerprint density at radius 3 is 2.26 bits per heavy atom. The Labute approximate surface area is 161 Å². The second-order valence-corrected chi connectivity index (χ2v) is 9.65. The number of nitrogens with zero attached hydrogens (tertiary/aromatic N) is 1. The molecule has 0 saturated carbocycles. The molecule has 0 aliphatic carbocycles. The lowest BCUT2D eigenvalue weighted by Crippen LogP contribution is -2.48. The van der Waals surface area contributed by atoms with Gasteiger partial charge in [-0.3, -0.25) is 4.18 Å². The van der Waals surface area contributed by atoms with Crippen LogP contribution in [0, 0.1) is 6.92 Å². The van der Waals surface area contributed by atoms with Gasteiger partial charge < -0.3 is 14.7 Å². The summed E-state index contributed by atoms with van der Waals surface area (Å²) in [5, 5.41) is 10.7. The molecular formula is C19H29NO6S. The minimum atomic E-state index is -3.84. The van der Waals surface area contributed by atoms with Crippen molar-refractivity contribution in [3.8, 4) is 0 Å². The van der Waals surface area contributed by atoms with Crippen LogP contribution >= 0.6 is 0 Å². The molecule has 0 aromatic heterocycles. The average molecular weight is 400 g/mol. The predicted octanol–water partition coefficient (Wildman–Crippen LogP) is 2.85. The fourth-order valence-corrected chi connectivity index (χ4v) is 3.70. The molecule has 8 heteroatoms. The van der Waals surface area contributed by atoms with Crippen LogP contribution in [0.1, 0.15) is 45.6 Å². The largest absolute Gasteiger partial charge is 0.444 e. The molecule has 1 fully saturated rings. The molecule has 1 aliphatic rings. The molecule has 1 aromatic carbocycles. The first-order valence-electron chi connectivity index (χ1n) is 9.07. The smallest absolute Gasteiger partial charge is 0.410 e. The lowest BCUT2D eigenvalue weighted by Gasteiger charge is -2.38. The topological polar surface area (TPSA) is 93.1 Å². The van der Waals surface area contributed by atoms with E-state index in [0.29, 0.717) is 25.9 Å². The highest BCUT2D eigenvalue weighted by Gasteiger charge is 2.35. The van der Waals surface area contributed by atoms with Gasteiger partial charge in [-0.2, -0.15) is 8.42 Å². The number of carbonyl (C=O) groups is 1. The van der Waals surface area contributed by atoms with Crippen LogP contribution in [0.5, 0.6) is 0 Å². The van der Waals surface area contributed by atoms with Gasteiger partial charge in [-0.1, -0.05) is 17.7 Å². The van der Waals surface area contributed by atoms with Crippen LogP contribution in [-0.2, 0) is 19.0 Å². The van der Waals surface area contributed by atoms with E-state index < -0.39 is 27.4 Å². The van der Waals surface area contributed by atoms with Crippen LogP contribution in [0.2, 0.25) is 0 Å². The van der Waals surface area contributed by atoms with E-state index in [9.17, 15) is 18.3 Å². The summed E-state index contributed by atoms with van der Waals surface area (Å²) in [6.07, 6.45) is 0.475. The summed E-state index contributed by atoms with van der Waals surface area (Å²) in [4.78, 5) is 13.7. The van der Waals surface area contributed by atoms with Gasteiger partial charge in [0.05, 0.1) is 17.1 Å². The predicted molar refractivity (Wildman–Crippen MR) is 101 cm³/mol. The summed E-state index contributed by atoms with van der Waals surface area (Å²) in [5.74, 6) is 0. The van der Waals surface area contributed by atoms with Crippen LogP contribution in [0.25, 0.3) is 0 Å². The molecule has 1 aromatic rings. The molecule has 1 aliphatic heterocycles. The van der Waals surface area contributed by atoms with Gasteiger partial charge in [-0.05, 0) is 52.7 Å². The van der Waals surface area contributed by atoms with E-state index in [1.54, 1.807) is 37.8 Å². The third-order valence-corrected chi connectivity index (χ3v) is 5.79. The number of likely N-dealkylation sites (tertiary alicyclic amines) is 1. The Balaban J connectivity index is 1.83. The Hall–Kier alpha value is -1.64. The molecule has 0 spiro atoms. The van der Waals surface area contributed by atoms with E-state index >= 15 is 0 Å². The molecule has 1 amide bonds. The number of benzene rings is 1. The molecule has 0 atom stereocenters. The number of carbonyl (C=O) groups excluding carboxylic acids is 1. The van der Waals surface area contributed by atoms with Gasteiger partial charge in [-0.15, -0.1) is 0 Å². The fraction of sp³-hybridized carbons (Fsp3) is 0.632. The molecular weight excluding hydrogens is 370 g/mol. The average Bonchev–Trinajstić information content (AvgIpc) is 2.54. The molecule has 27 heavy (non-hydrogen) atoms. The van der Waals surface area contributed by atoms with Crippen molar-refractivity contribution in [3.63, 3.8) is 0 Å². The zero-order valence-corrected chi connectivity index (χ0v) is 17.2. The maximum absolute atomic E-state index is 12.2. The Kier molecular flexibility index (Phi) is 6.55. The minimum absolute atomic E-state index is 0.0971. The highest BCUT2D eigenvalue weighted by molar-refractivity contribution is 7.86. The first-order valence-corrected chi connectivity index (χ1v) is 10.5. The van der Waals surface area contributed by atoms with Crippen LogP contribution in [0.4, 0.5) is 4.79 Å². The Bertz CT molecular complexity index is 743. The highest BCUT2D eigenvalue weighted by atomic mass is 32.2. The van der Waals surface area contributed by atoms with E-state index in [0.717, 1.165) is 5.56 Å². The lowest BCUT2D eigenvalue weighted by atomic mass is 9.89. The monoisotopic (exact) mass is 399 g/mol. The van der Waals surface area contributed by atoms with Crippen molar-refractivity contribution in [2.45, 2.75) is 63.1 Å². The van der Waals surface area contributed by atoms with E-state index in [1.165, 1.54) is 12.1 Å². The zero-order chi connectivity index (χ0) is 20.3. The van der Waals surface area contributed by atoms with E-state index in [-0.39, 0.29) is 17.9 Å². The molecule has 1 saturated heterocycles. The number of hydrogen-bond donors (Lipinski definition) is 1. The number of ether oxygens (including phenoxy) is 1. The van der Waals surface area contributed by atoms with Gasteiger partial charge >= 0.3 is 6.09 Å². The standard InChI is InChI=1S/C19H29NO6S/c1-15-5-7-16(8-6-15)27(23,24)25-14-11-19(22)9-12-20(13-10-19)17(21)26-18(2,3)4/h5-8,22H,9-14H2,1-4H3. The molecule has 1 heterocycles. The van der Waals surface area contributed by atoms with Gasteiger partial charge in [0.2, 0.25) is 0 Å². The number of aryl methyl sites for hydroxylation is 1. The van der Waals surface area contributed by atoms with Crippen molar-refractivity contribution in [1.82, 2.24) is 4.90 Å². The molecule has 0 unspecified atom stereocenters. The third-order valence-electron chi connectivity index (χ3n) is 4.46. The van der Waals surface area contributed by atoms with Gasteiger partial charge in [0.1, 0.15) is 5.60 Å². The van der Waals surface area contributed by atoms with Crippen molar-refractivity contribution >= 4 is 16.2 Å². The van der Waals surface area contributed by atoms with Crippen molar-refractivity contribution in [2.75, 3.05) is 19.7 Å². The van der Waals surface area contributed by atoms with E-state index in [1.807, 2.05) is 6.92 Å². The molecule has 7 nitrogen and oxygen atoms in total. The summed E-state index contributed by atoms with van der Waals surface area (Å²) < 4.78 is 34.8. The number of amides is 1. The first kappa shape index (κ1) is 21.7. The summed E-state index contributed by atoms with van der Waals surface area (Å²) in [7, 11) is -3.84. The third kappa shape index (κ3) is 6.48. The van der Waals surface area contributed by atoms with Crippen LogP contribution < -0.4 is 0 Å². The van der Waals surface area contributed by atoms with Crippen molar-refractivity contribution in [3.05, 3.63) is 29.8 Å². The van der Waals surface area contributed by atoms with E-state index in [2.05, 4.69) is 0 Å². The first-order chi connectivity index (χ1) is 12.4. The number of piperidine rings is 1. The maximum Gasteiger partial charge on any atom is 0.410 e. The molecule has 1 N–H and O–H groups in total. The molecule has 152 valence electrons. The van der Waals surface area contributed by atoms with Gasteiger partial charge in [-0.25, -0.2) is 4.79 Å². The summed E-state index contributed by atoms with van der Waals surface area (Å²) in [6.45, 7) is 7.88. The van der Waals surface area contributed by atoms with Crippen molar-refractivity contribution < 1.29 is 27.2 Å². The molecule has 0 radical (unpaired) electrons. The lowest BCUT2D eigenvalue weighted by molar-refractivity contribution is -0.0417. The maximum atomic E-state index is 12.2. The van der Waals surface area contributed by atoms with Crippen LogP contribution in [0.3, 0.4) is 0 Å². The number of rotatable bonds is 5. The Morgan fingerprint density at radius 2 is 1.74 bits per heavy atom. The van der Waals surface area contributed by atoms with Gasteiger partial charge in [0.25, 0.3) is 10.1 Å². The second kappa shape index (κ2) is 8.16. The fourth-order valence-electron chi connectivity index (χ4n) is 2.80. The SMILES string of the molecule is Cc1ccc(S(=O)(=O)OCCC2(O)CCN(C(=O)OC(C)(C)C)CC2)cc1. The van der Waals surface area contributed by atoms with Crippen molar-refractivity contribution in [2.24, 2.45) is 0 Å². The number of hydrogen-bond acceptors (Lipinski definition) is 6. The second-order valence-electron chi connectivity index (χ2n) is 8.03. The molecule has 2 rings (SSSR count). The van der Waals surface area contributed by atoms with Crippen LogP contribution in [-0.4, -0.2) is 55.4 Å². The van der Waals surface area contributed by atoms with Crippen LogP contribution in [0.15, 0.2) is 29.2 Å². The summed E-state index contributed by atoms with van der Waals surface area (Å²) >= 11 is 0. The quantitative estimate of drug-likeness (QED) is 0.766. The molecule has 0 bridgehead atoms. The number of aliphatic hydroxyl groups is 1. The summed E-state index contributed by atoms with van der Waals surface area (Å²) in [5.41, 5.74) is -0.662. The highest BCUT2D eigenvalue weighted by Crippen LogP contribution is 2.27. The van der Waals surface area contributed by atoms with Gasteiger partial charge in [0, 0.05) is 19.5 Å². The van der Waals surface area contributed by atoms with Crippen molar-refractivity contribution in [1.29, 1.82) is 0 Å². The van der Waals surface area contributed by atoms with Gasteiger partial charge in [0.15, 0.2) is 0 Å². The van der Waals surface area contributed by atoms with E-state index in [4.69, 9.17) is 8.92 Å². The summed E-state index contributed by atoms with van der Waals surface area (Å²) in [6, 6.07) is 6.41.